The summed E-state index contributed by atoms with van der Waals surface area (Å²) >= 11 is 1.53. The van der Waals surface area contributed by atoms with Crippen molar-refractivity contribution in [2.45, 2.75) is 11.4 Å². The van der Waals surface area contributed by atoms with Gasteiger partial charge in [0.2, 0.25) is 10.0 Å². The molecule has 0 radical (unpaired) electrons. The molecule has 0 spiro atoms. The normalized spacial score (nSPS) is 11.9. The first-order valence-electron chi connectivity index (χ1n) is 5.26. The van der Waals surface area contributed by atoms with Crippen molar-refractivity contribution in [2.24, 2.45) is 0 Å². The van der Waals surface area contributed by atoms with Gasteiger partial charge in [0, 0.05) is 13.6 Å². The maximum Gasteiger partial charge on any atom is 0.243 e. The Labute approximate surface area is 110 Å². The van der Waals surface area contributed by atoms with E-state index < -0.39 is 10.0 Å². The number of benzene rings is 1. The molecule has 0 atom stereocenters. The van der Waals surface area contributed by atoms with Crippen molar-refractivity contribution in [2.75, 3.05) is 7.05 Å². The first-order valence-corrected chi connectivity index (χ1v) is 7.65. The molecule has 0 saturated carbocycles. The molecule has 18 heavy (non-hydrogen) atoms. The molecule has 0 unspecified atom stereocenters. The van der Waals surface area contributed by atoms with Crippen molar-refractivity contribution >= 4 is 21.4 Å². The molecule has 96 valence electrons. The fraction of sp³-hybridized carbons (Fsp3) is 0.167. The van der Waals surface area contributed by atoms with Crippen LogP contribution in [0.5, 0.6) is 5.75 Å². The summed E-state index contributed by atoms with van der Waals surface area (Å²) in [5, 5.41) is 13.2. The molecule has 1 heterocycles. The maximum absolute atomic E-state index is 12.2. The van der Waals surface area contributed by atoms with Gasteiger partial charge in [-0.3, -0.25) is 0 Å². The summed E-state index contributed by atoms with van der Waals surface area (Å²) < 4.78 is 25.7. The molecule has 0 aliphatic rings. The average molecular weight is 283 g/mol. The molecule has 0 aliphatic carbocycles. The molecule has 1 aromatic heterocycles. The van der Waals surface area contributed by atoms with Gasteiger partial charge >= 0.3 is 0 Å². The fourth-order valence-electron chi connectivity index (χ4n) is 1.55. The van der Waals surface area contributed by atoms with Crippen molar-refractivity contribution in [1.82, 2.24) is 4.31 Å². The molecule has 0 amide bonds. The maximum atomic E-state index is 12.2. The smallest absolute Gasteiger partial charge is 0.243 e. The molecule has 2 rings (SSSR count). The zero-order valence-corrected chi connectivity index (χ0v) is 11.4. The SMILES string of the molecule is CN(Cc1ccsc1)S(=O)(=O)c1cccc(O)c1. The van der Waals surface area contributed by atoms with Crippen LogP contribution in [0.4, 0.5) is 0 Å². The first kappa shape index (κ1) is 13.1. The highest BCUT2D eigenvalue weighted by Crippen LogP contribution is 2.21. The van der Waals surface area contributed by atoms with Gasteiger partial charge in [0.15, 0.2) is 0 Å². The standard InChI is InChI=1S/C12H13NO3S2/c1-13(8-10-5-6-17-9-10)18(15,16)12-4-2-3-11(14)7-12/h2-7,9,14H,8H2,1H3. The predicted molar refractivity (Wildman–Crippen MR) is 71.1 cm³/mol. The Kier molecular flexibility index (Phi) is 3.70. The zero-order chi connectivity index (χ0) is 13.2. The van der Waals surface area contributed by atoms with E-state index in [1.165, 1.54) is 47.0 Å². The van der Waals surface area contributed by atoms with Gasteiger partial charge in [0.1, 0.15) is 5.75 Å². The molecule has 0 aliphatic heterocycles. The molecule has 1 N–H and O–H groups in total. The second kappa shape index (κ2) is 5.09. The largest absolute Gasteiger partial charge is 0.508 e. The Morgan fingerprint density at radius 2 is 2.11 bits per heavy atom. The molecular formula is C12H13NO3S2. The minimum atomic E-state index is -3.56. The highest BCUT2D eigenvalue weighted by atomic mass is 32.2. The Morgan fingerprint density at radius 3 is 2.72 bits per heavy atom. The summed E-state index contributed by atoms with van der Waals surface area (Å²) in [7, 11) is -2.03. The van der Waals surface area contributed by atoms with Gasteiger partial charge in [-0.15, -0.1) is 0 Å². The van der Waals surface area contributed by atoms with E-state index in [1.54, 1.807) is 0 Å². The Bertz CT molecular complexity index is 621. The number of sulfonamides is 1. The van der Waals surface area contributed by atoms with E-state index in [0.29, 0.717) is 6.54 Å². The van der Waals surface area contributed by atoms with Gasteiger partial charge in [0.25, 0.3) is 0 Å². The Balaban J connectivity index is 2.25. The van der Waals surface area contributed by atoms with Crippen LogP contribution in [0.2, 0.25) is 0 Å². The summed E-state index contributed by atoms with van der Waals surface area (Å²) in [5.41, 5.74) is 0.950. The number of thiophene rings is 1. The minimum Gasteiger partial charge on any atom is -0.508 e. The Morgan fingerprint density at radius 1 is 1.33 bits per heavy atom. The average Bonchev–Trinajstić information content (AvgIpc) is 2.81. The summed E-state index contributed by atoms with van der Waals surface area (Å²) in [6.45, 7) is 0.321. The van der Waals surface area contributed by atoms with Gasteiger partial charge in [-0.2, -0.15) is 15.6 Å². The second-order valence-electron chi connectivity index (χ2n) is 3.89. The lowest BCUT2D eigenvalue weighted by atomic mass is 10.3. The third-order valence-corrected chi connectivity index (χ3v) is 5.04. The van der Waals surface area contributed by atoms with Crippen LogP contribution in [-0.4, -0.2) is 24.9 Å². The van der Waals surface area contributed by atoms with Crippen LogP contribution in [0.3, 0.4) is 0 Å². The lowest BCUT2D eigenvalue weighted by molar-refractivity contribution is 0.460. The van der Waals surface area contributed by atoms with Crippen LogP contribution in [0, 0.1) is 0 Å². The summed E-state index contributed by atoms with van der Waals surface area (Å²) in [6.07, 6.45) is 0. The topological polar surface area (TPSA) is 57.6 Å². The van der Waals surface area contributed by atoms with Crippen molar-refractivity contribution < 1.29 is 13.5 Å². The molecular weight excluding hydrogens is 270 g/mol. The van der Waals surface area contributed by atoms with Crippen LogP contribution in [0.1, 0.15) is 5.56 Å². The number of hydrogen-bond donors (Lipinski definition) is 1. The van der Waals surface area contributed by atoms with Gasteiger partial charge in [0.05, 0.1) is 4.90 Å². The van der Waals surface area contributed by atoms with Crippen molar-refractivity contribution in [3.8, 4) is 5.75 Å². The first-order chi connectivity index (χ1) is 8.50. The zero-order valence-electron chi connectivity index (χ0n) is 9.78. The van der Waals surface area contributed by atoms with Gasteiger partial charge in [-0.25, -0.2) is 8.42 Å². The number of aromatic hydroxyl groups is 1. The predicted octanol–water partition coefficient (Wildman–Crippen LogP) is 2.27. The van der Waals surface area contributed by atoms with Crippen molar-refractivity contribution in [3.63, 3.8) is 0 Å². The van der Waals surface area contributed by atoms with Gasteiger partial charge in [-0.05, 0) is 40.6 Å². The minimum absolute atomic E-state index is 0.0555. The molecule has 0 saturated heterocycles. The van der Waals surface area contributed by atoms with Crippen LogP contribution >= 0.6 is 11.3 Å². The number of phenols is 1. The highest BCUT2D eigenvalue weighted by Gasteiger charge is 2.21. The van der Waals surface area contributed by atoms with E-state index >= 15 is 0 Å². The van der Waals surface area contributed by atoms with E-state index in [0.717, 1.165) is 5.56 Å². The van der Waals surface area contributed by atoms with E-state index in [1.807, 2.05) is 16.8 Å². The van der Waals surface area contributed by atoms with Crippen LogP contribution in [0.15, 0.2) is 46.0 Å². The molecule has 1 aromatic carbocycles. The molecule has 2 aromatic rings. The lowest BCUT2D eigenvalue weighted by Gasteiger charge is -2.16. The summed E-state index contributed by atoms with van der Waals surface area (Å²) in [6, 6.07) is 7.57. The molecule has 0 bridgehead atoms. The van der Waals surface area contributed by atoms with E-state index in [4.69, 9.17) is 0 Å². The molecule has 4 nitrogen and oxygen atoms in total. The van der Waals surface area contributed by atoms with Crippen molar-refractivity contribution in [3.05, 3.63) is 46.7 Å². The fourth-order valence-corrected chi connectivity index (χ4v) is 3.41. The van der Waals surface area contributed by atoms with E-state index in [-0.39, 0.29) is 10.6 Å². The van der Waals surface area contributed by atoms with Crippen LogP contribution < -0.4 is 0 Å². The van der Waals surface area contributed by atoms with E-state index in [2.05, 4.69) is 0 Å². The summed E-state index contributed by atoms with van der Waals surface area (Å²) in [4.78, 5) is 0.0974. The third-order valence-electron chi connectivity index (χ3n) is 2.51. The molecule has 6 heteroatoms. The quantitative estimate of drug-likeness (QED) is 0.936. The van der Waals surface area contributed by atoms with Crippen LogP contribution in [0.25, 0.3) is 0 Å². The van der Waals surface area contributed by atoms with Crippen LogP contribution in [-0.2, 0) is 16.6 Å². The molecule has 0 fully saturated rings. The number of rotatable bonds is 4. The summed E-state index contributed by atoms with van der Waals surface area (Å²) in [5.74, 6) is -0.0555. The number of hydrogen-bond acceptors (Lipinski definition) is 4. The monoisotopic (exact) mass is 283 g/mol. The lowest BCUT2D eigenvalue weighted by Crippen LogP contribution is -2.26. The third kappa shape index (κ3) is 2.72. The van der Waals surface area contributed by atoms with E-state index in [9.17, 15) is 13.5 Å². The highest BCUT2D eigenvalue weighted by molar-refractivity contribution is 7.89. The van der Waals surface area contributed by atoms with Crippen molar-refractivity contribution in [1.29, 1.82) is 0 Å². The number of phenolic OH excluding ortho intramolecular Hbond substituents is 1. The number of nitrogens with zero attached hydrogens (tertiary/aromatic N) is 1. The van der Waals surface area contributed by atoms with Gasteiger partial charge in [-0.1, -0.05) is 6.07 Å². The van der Waals surface area contributed by atoms with Gasteiger partial charge < -0.3 is 5.11 Å². The Hall–Kier alpha value is -1.37. The second-order valence-corrected chi connectivity index (χ2v) is 6.71.